The molecule has 118 valence electrons. The Balaban J connectivity index is 1.69. The van der Waals surface area contributed by atoms with Gasteiger partial charge in [-0.25, -0.2) is 18.6 Å². The van der Waals surface area contributed by atoms with Gasteiger partial charge in [0.15, 0.2) is 22.4 Å². The molecule has 1 aromatic carbocycles. The van der Waals surface area contributed by atoms with Crippen LogP contribution in [0.4, 0.5) is 8.78 Å². The number of thiazole rings is 1. The van der Waals surface area contributed by atoms with Crippen LogP contribution in [-0.2, 0) is 11.3 Å². The van der Waals surface area contributed by atoms with Gasteiger partial charge in [-0.1, -0.05) is 11.6 Å². The molecule has 0 aliphatic carbocycles. The van der Waals surface area contributed by atoms with Crippen LogP contribution in [0.25, 0.3) is 10.8 Å². The molecule has 2 aromatic heterocycles. The van der Waals surface area contributed by atoms with Crippen molar-refractivity contribution in [3.05, 3.63) is 63.8 Å². The molecule has 23 heavy (non-hydrogen) atoms. The number of carbonyl (C=O) groups excluding carboxylic acids is 1. The number of nitrogens with zero attached hydrogens (tertiary/aromatic N) is 1. The number of esters is 1. The summed E-state index contributed by atoms with van der Waals surface area (Å²) in [6.07, 6.45) is 1.53. The minimum atomic E-state index is -1.17. The summed E-state index contributed by atoms with van der Waals surface area (Å²) in [6, 6.07) is 4.93. The molecule has 0 spiro atoms. The normalized spacial score (nSPS) is 10.7. The van der Waals surface area contributed by atoms with E-state index in [-0.39, 0.29) is 17.2 Å². The lowest BCUT2D eigenvalue weighted by atomic mass is 10.2. The highest BCUT2D eigenvalue weighted by Crippen LogP contribution is 2.25. The minimum Gasteiger partial charge on any atom is -0.462 e. The number of hydrogen-bond donors (Lipinski definition) is 0. The van der Waals surface area contributed by atoms with Crippen molar-refractivity contribution < 1.29 is 22.7 Å². The van der Waals surface area contributed by atoms with Gasteiger partial charge in [-0.05, 0) is 24.3 Å². The molecular formula is C15H8ClF2NO3S. The van der Waals surface area contributed by atoms with E-state index in [1.165, 1.54) is 17.6 Å². The number of ether oxygens (including phenoxy) is 1. The number of aromatic nitrogens is 1. The largest absolute Gasteiger partial charge is 0.462 e. The van der Waals surface area contributed by atoms with Crippen LogP contribution in [0.3, 0.4) is 0 Å². The zero-order valence-electron chi connectivity index (χ0n) is 11.4. The van der Waals surface area contributed by atoms with Crippen LogP contribution in [0.15, 0.2) is 40.3 Å². The minimum absolute atomic E-state index is 0.120. The van der Waals surface area contributed by atoms with E-state index in [1.807, 2.05) is 0 Å². The second kappa shape index (κ2) is 6.47. The molecule has 0 aliphatic rings. The summed E-state index contributed by atoms with van der Waals surface area (Å²) >= 11 is 7.05. The van der Waals surface area contributed by atoms with Gasteiger partial charge in [0, 0.05) is 5.38 Å². The average Bonchev–Trinajstić information content (AvgIpc) is 3.19. The summed E-state index contributed by atoms with van der Waals surface area (Å²) in [7, 11) is 0. The van der Waals surface area contributed by atoms with Gasteiger partial charge in [0.25, 0.3) is 0 Å². The van der Waals surface area contributed by atoms with E-state index < -0.39 is 17.6 Å². The molecule has 0 aliphatic heterocycles. The first-order chi connectivity index (χ1) is 11.0. The van der Waals surface area contributed by atoms with E-state index in [0.29, 0.717) is 22.5 Å². The lowest BCUT2D eigenvalue weighted by Gasteiger charge is -2.05. The van der Waals surface area contributed by atoms with Crippen molar-refractivity contribution in [1.29, 1.82) is 0 Å². The molecule has 3 aromatic rings. The number of furan rings is 1. The van der Waals surface area contributed by atoms with Gasteiger partial charge >= 0.3 is 5.97 Å². The van der Waals surface area contributed by atoms with Gasteiger partial charge in [-0.2, -0.15) is 0 Å². The predicted molar refractivity (Wildman–Crippen MR) is 80.3 cm³/mol. The number of benzene rings is 1. The number of rotatable bonds is 4. The second-order valence-electron chi connectivity index (χ2n) is 4.44. The van der Waals surface area contributed by atoms with Crippen molar-refractivity contribution in [2.45, 2.75) is 6.61 Å². The fourth-order valence-corrected chi connectivity index (χ4v) is 2.78. The first-order valence-electron chi connectivity index (χ1n) is 6.34. The van der Waals surface area contributed by atoms with Crippen LogP contribution >= 0.6 is 22.9 Å². The first-order valence-corrected chi connectivity index (χ1v) is 7.60. The van der Waals surface area contributed by atoms with Crippen molar-refractivity contribution in [3.8, 4) is 10.8 Å². The monoisotopic (exact) mass is 355 g/mol. The average molecular weight is 356 g/mol. The zero-order valence-corrected chi connectivity index (χ0v) is 13.0. The smallest absolute Gasteiger partial charge is 0.340 e. The van der Waals surface area contributed by atoms with Crippen molar-refractivity contribution in [1.82, 2.24) is 4.98 Å². The molecule has 8 heteroatoms. The lowest BCUT2D eigenvalue weighted by molar-refractivity contribution is 0.0468. The fourth-order valence-electron chi connectivity index (χ4n) is 1.78. The highest BCUT2D eigenvalue weighted by atomic mass is 35.5. The van der Waals surface area contributed by atoms with E-state index in [2.05, 4.69) is 4.98 Å². The molecule has 3 rings (SSSR count). The maximum absolute atomic E-state index is 13.2. The third kappa shape index (κ3) is 3.40. The van der Waals surface area contributed by atoms with Crippen LogP contribution in [0.1, 0.15) is 16.1 Å². The maximum Gasteiger partial charge on any atom is 0.340 e. The molecule has 0 saturated carbocycles. The molecule has 0 saturated heterocycles. The highest BCUT2D eigenvalue weighted by Gasteiger charge is 2.17. The van der Waals surface area contributed by atoms with E-state index in [0.717, 1.165) is 6.07 Å². The number of carbonyl (C=O) groups is 1. The molecule has 4 nitrogen and oxygen atoms in total. The number of halogens is 3. The Labute approximate surface area is 138 Å². The third-order valence-corrected chi connectivity index (χ3v) is 4.08. The van der Waals surface area contributed by atoms with Gasteiger partial charge in [-0.3, -0.25) is 0 Å². The Bertz CT molecular complexity index is 849. The SMILES string of the molecule is O=C(OCc1csc(-c2ccco2)n1)c1cc(F)c(F)cc1Cl. The fraction of sp³-hybridized carbons (Fsp3) is 0.0667. The van der Waals surface area contributed by atoms with Gasteiger partial charge in [0.1, 0.15) is 6.61 Å². The van der Waals surface area contributed by atoms with E-state index >= 15 is 0 Å². The van der Waals surface area contributed by atoms with Crippen LogP contribution in [0.2, 0.25) is 5.02 Å². The summed E-state index contributed by atoms with van der Waals surface area (Å²) in [5, 5.41) is 2.13. The Morgan fingerprint density at radius 2 is 2.13 bits per heavy atom. The van der Waals surface area contributed by atoms with E-state index in [4.69, 9.17) is 20.8 Å². The molecule has 0 fully saturated rings. The van der Waals surface area contributed by atoms with Crippen molar-refractivity contribution in [2.24, 2.45) is 0 Å². The summed E-state index contributed by atoms with van der Waals surface area (Å²) in [5.74, 6) is -2.55. The molecule has 0 N–H and O–H groups in total. The second-order valence-corrected chi connectivity index (χ2v) is 5.71. The summed E-state index contributed by atoms with van der Waals surface area (Å²) in [6.45, 7) is -0.120. The molecule has 0 radical (unpaired) electrons. The van der Waals surface area contributed by atoms with Gasteiger partial charge < -0.3 is 9.15 Å². The van der Waals surface area contributed by atoms with Crippen molar-refractivity contribution in [2.75, 3.05) is 0 Å². The molecule has 0 unspecified atom stereocenters. The molecule has 0 bridgehead atoms. The van der Waals surface area contributed by atoms with Crippen LogP contribution in [0, 0.1) is 11.6 Å². The molecular weight excluding hydrogens is 348 g/mol. The maximum atomic E-state index is 13.2. The lowest BCUT2D eigenvalue weighted by Crippen LogP contribution is -2.07. The van der Waals surface area contributed by atoms with Gasteiger partial charge in [-0.15, -0.1) is 11.3 Å². The van der Waals surface area contributed by atoms with Crippen LogP contribution in [0.5, 0.6) is 0 Å². The number of hydrogen-bond acceptors (Lipinski definition) is 5. The highest BCUT2D eigenvalue weighted by molar-refractivity contribution is 7.13. The Kier molecular flexibility index (Phi) is 4.40. The van der Waals surface area contributed by atoms with Gasteiger partial charge in [0.05, 0.1) is 22.5 Å². The zero-order chi connectivity index (χ0) is 16.4. The third-order valence-electron chi connectivity index (χ3n) is 2.86. The first kappa shape index (κ1) is 15.6. The quantitative estimate of drug-likeness (QED) is 0.503. The Hall–Kier alpha value is -2.25. The van der Waals surface area contributed by atoms with Crippen LogP contribution < -0.4 is 0 Å². The van der Waals surface area contributed by atoms with Crippen molar-refractivity contribution in [3.63, 3.8) is 0 Å². The standard InChI is InChI=1S/C15H8ClF2NO3S/c16-10-5-12(18)11(17)4-9(10)15(20)22-6-8-7-23-14(19-8)13-2-1-3-21-13/h1-5,7H,6H2. The van der Waals surface area contributed by atoms with Gasteiger partial charge in [0.2, 0.25) is 0 Å². The summed E-state index contributed by atoms with van der Waals surface area (Å²) in [4.78, 5) is 16.2. The Morgan fingerprint density at radius 1 is 1.35 bits per heavy atom. The molecule has 0 atom stereocenters. The topological polar surface area (TPSA) is 52.3 Å². The van der Waals surface area contributed by atoms with E-state index in [1.54, 1.807) is 17.5 Å². The Morgan fingerprint density at radius 3 is 2.87 bits per heavy atom. The predicted octanol–water partition coefficient (Wildman–Crippen LogP) is 4.69. The van der Waals surface area contributed by atoms with E-state index in [9.17, 15) is 13.6 Å². The summed E-state index contributed by atoms with van der Waals surface area (Å²) < 4.78 is 36.4. The van der Waals surface area contributed by atoms with Crippen LogP contribution in [-0.4, -0.2) is 11.0 Å². The molecule has 0 amide bonds. The molecule has 2 heterocycles. The van der Waals surface area contributed by atoms with Crippen molar-refractivity contribution >= 4 is 28.9 Å². The summed E-state index contributed by atoms with van der Waals surface area (Å²) in [5.41, 5.74) is 0.264.